The van der Waals surface area contributed by atoms with E-state index in [-0.39, 0.29) is 5.91 Å². The number of benzene rings is 2. The molecule has 0 fully saturated rings. The first-order chi connectivity index (χ1) is 11.1. The van der Waals surface area contributed by atoms with Gasteiger partial charge in [0, 0.05) is 12.1 Å². The fourth-order valence-corrected chi connectivity index (χ4v) is 2.61. The Labute approximate surface area is 137 Å². The first kappa shape index (κ1) is 16.9. The molecule has 0 bridgehead atoms. The molecule has 0 aromatic heterocycles. The lowest BCUT2D eigenvalue weighted by Gasteiger charge is -2.13. The van der Waals surface area contributed by atoms with Crippen LogP contribution < -0.4 is 14.8 Å². The van der Waals surface area contributed by atoms with Crippen LogP contribution in [0.25, 0.3) is 0 Å². The smallest absolute Gasteiger partial charge is 0.224 e. The number of aryl methyl sites for hydroxylation is 3. The van der Waals surface area contributed by atoms with E-state index < -0.39 is 0 Å². The lowest BCUT2D eigenvalue weighted by atomic mass is 10.1. The van der Waals surface area contributed by atoms with Gasteiger partial charge >= 0.3 is 0 Å². The molecule has 0 saturated carbocycles. The Hall–Kier alpha value is -2.49. The Morgan fingerprint density at radius 1 is 1.00 bits per heavy atom. The first-order valence-corrected chi connectivity index (χ1v) is 7.62. The fourth-order valence-electron chi connectivity index (χ4n) is 2.61. The summed E-state index contributed by atoms with van der Waals surface area (Å²) in [5.74, 6) is 1.36. The predicted molar refractivity (Wildman–Crippen MR) is 92.4 cm³/mol. The molecule has 0 aliphatic carbocycles. The molecule has 122 valence electrons. The molecular formula is C19H23NO3. The Bertz CT molecular complexity index is 675. The van der Waals surface area contributed by atoms with E-state index in [9.17, 15) is 4.79 Å². The highest BCUT2D eigenvalue weighted by atomic mass is 16.5. The van der Waals surface area contributed by atoms with Gasteiger partial charge in [-0.15, -0.1) is 0 Å². The first-order valence-electron chi connectivity index (χ1n) is 7.62. The third-order valence-corrected chi connectivity index (χ3v) is 3.85. The SMILES string of the molecule is COc1cccc(CCC(=O)Nc2c(C)cccc2C)c1OC. The van der Waals surface area contributed by atoms with Crippen molar-refractivity contribution in [3.05, 3.63) is 53.1 Å². The molecule has 2 aromatic carbocycles. The van der Waals surface area contributed by atoms with E-state index in [0.717, 1.165) is 22.4 Å². The highest BCUT2D eigenvalue weighted by Gasteiger charge is 2.12. The minimum Gasteiger partial charge on any atom is -0.493 e. The number of anilines is 1. The van der Waals surface area contributed by atoms with Gasteiger partial charge in [-0.25, -0.2) is 0 Å². The van der Waals surface area contributed by atoms with Crippen LogP contribution in [0.15, 0.2) is 36.4 Å². The quantitative estimate of drug-likeness (QED) is 0.880. The van der Waals surface area contributed by atoms with Gasteiger partial charge < -0.3 is 14.8 Å². The number of hydrogen-bond donors (Lipinski definition) is 1. The molecular weight excluding hydrogens is 290 g/mol. The topological polar surface area (TPSA) is 47.6 Å². The molecule has 0 saturated heterocycles. The number of carbonyl (C=O) groups is 1. The van der Waals surface area contributed by atoms with Crippen molar-refractivity contribution in [3.8, 4) is 11.5 Å². The van der Waals surface area contributed by atoms with Crippen LogP contribution in [0.2, 0.25) is 0 Å². The molecule has 1 amide bonds. The zero-order chi connectivity index (χ0) is 16.8. The minimum absolute atomic E-state index is 0.00715. The standard InChI is InChI=1S/C19H23NO3/c1-13-7-5-8-14(2)18(13)20-17(21)12-11-15-9-6-10-16(22-3)19(15)23-4/h5-10H,11-12H2,1-4H3,(H,20,21). The van der Waals surface area contributed by atoms with E-state index in [2.05, 4.69) is 5.32 Å². The summed E-state index contributed by atoms with van der Waals surface area (Å²) in [5, 5.41) is 3.00. The van der Waals surface area contributed by atoms with Crippen molar-refractivity contribution in [2.24, 2.45) is 0 Å². The predicted octanol–water partition coefficient (Wildman–Crippen LogP) is 3.89. The van der Waals surface area contributed by atoms with Gasteiger partial charge in [0.1, 0.15) is 0 Å². The zero-order valence-electron chi connectivity index (χ0n) is 14.1. The molecule has 23 heavy (non-hydrogen) atoms. The second-order valence-electron chi connectivity index (χ2n) is 5.47. The molecule has 2 aromatic rings. The average Bonchev–Trinajstić information content (AvgIpc) is 2.55. The Morgan fingerprint density at radius 3 is 2.26 bits per heavy atom. The van der Waals surface area contributed by atoms with Gasteiger partial charge in [0.05, 0.1) is 14.2 Å². The van der Waals surface area contributed by atoms with Crippen molar-refractivity contribution in [3.63, 3.8) is 0 Å². The molecule has 4 heteroatoms. The Morgan fingerprint density at radius 2 is 1.65 bits per heavy atom. The molecule has 2 rings (SSSR count). The summed E-state index contributed by atoms with van der Waals surface area (Å²) in [5.41, 5.74) is 3.99. The van der Waals surface area contributed by atoms with E-state index in [0.29, 0.717) is 24.3 Å². The molecule has 0 spiro atoms. The van der Waals surface area contributed by atoms with Crippen molar-refractivity contribution in [2.45, 2.75) is 26.7 Å². The minimum atomic E-state index is -0.00715. The third kappa shape index (κ3) is 4.03. The van der Waals surface area contributed by atoms with E-state index in [4.69, 9.17) is 9.47 Å². The maximum atomic E-state index is 12.3. The Kier molecular flexibility index (Phi) is 5.63. The van der Waals surface area contributed by atoms with Crippen molar-refractivity contribution < 1.29 is 14.3 Å². The van der Waals surface area contributed by atoms with Crippen LogP contribution >= 0.6 is 0 Å². The van der Waals surface area contributed by atoms with E-state index in [1.54, 1.807) is 14.2 Å². The number of rotatable bonds is 6. The summed E-state index contributed by atoms with van der Waals surface area (Å²) >= 11 is 0. The Balaban J connectivity index is 2.05. The normalized spacial score (nSPS) is 10.3. The van der Waals surface area contributed by atoms with Crippen molar-refractivity contribution in [2.75, 3.05) is 19.5 Å². The summed E-state index contributed by atoms with van der Waals surface area (Å²) in [6, 6.07) is 11.7. The molecule has 0 atom stereocenters. The summed E-state index contributed by atoms with van der Waals surface area (Å²) in [6.07, 6.45) is 0.981. The molecule has 0 unspecified atom stereocenters. The van der Waals surface area contributed by atoms with E-state index in [1.165, 1.54) is 0 Å². The van der Waals surface area contributed by atoms with E-state index in [1.807, 2.05) is 50.2 Å². The molecule has 4 nitrogen and oxygen atoms in total. The lowest BCUT2D eigenvalue weighted by molar-refractivity contribution is -0.116. The summed E-state index contributed by atoms with van der Waals surface area (Å²) in [7, 11) is 3.22. The molecule has 0 aliphatic rings. The van der Waals surface area contributed by atoms with Crippen molar-refractivity contribution in [1.29, 1.82) is 0 Å². The number of carbonyl (C=O) groups excluding carboxylic acids is 1. The monoisotopic (exact) mass is 313 g/mol. The molecule has 0 aliphatic heterocycles. The van der Waals surface area contributed by atoms with Crippen LogP contribution in [-0.4, -0.2) is 20.1 Å². The number of ether oxygens (including phenoxy) is 2. The van der Waals surface area contributed by atoms with Gasteiger partial charge in [-0.3, -0.25) is 4.79 Å². The summed E-state index contributed by atoms with van der Waals surface area (Å²) in [6.45, 7) is 3.99. The summed E-state index contributed by atoms with van der Waals surface area (Å²) < 4.78 is 10.7. The van der Waals surface area contributed by atoms with Gasteiger partial charge in [0.2, 0.25) is 5.91 Å². The van der Waals surface area contributed by atoms with Gasteiger partial charge in [-0.2, -0.15) is 0 Å². The van der Waals surface area contributed by atoms with Gasteiger partial charge in [0.15, 0.2) is 11.5 Å². The largest absolute Gasteiger partial charge is 0.493 e. The van der Waals surface area contributed by atoms with Crippen LogP contribution in [0.1, 0.15) is 23.1 Å². The van der Waals surface area contributed by atoms with Crippen LogP contribution in [0.5, 0.6) is 11.5 Å². The van der Waals surface area contributed by atoms with Crippen LogP contribution in [-0.2, 0) is 11.2 Å². The number of nitrogens with one attached hydrogen (secondary N) is 1. The highest BCUT2D eigenvalue weighted by molar-refractivity contribution is 5.92. The van der Waals surface area contributed by atoms with Crippen LogP contribution in [0.3, 0.4) is 0 Å². The lowest BCUT2D eigenvalue weighted by Crippen LogP contribution is -2.14. The third-order valence-electron chi connectivity index (χ3n) is 3.85. The second-order valence-corrected chi connectivity index (χ2v) is 5.47. The number of amides is 1. The number of methoxy groups -OCH3 is 2. The second kappa shape index (κ2) is 7.68. The highest BCUT2D eigenvalue weighted by Crippen LogP contribution is 2.31. The van der Waals surface area contributed by atoms with Gasteiger partial charge in [-0.1, -0.05) is 30.3 Å². The summed E-state index contributed by atoms with van der Waals surface area (Å²) in [4.78, 5) is 12.3. The maximum Gasteiger partial charge on any atom is 0.224 e. The van der Waals surface area contributed by atoms with Gasteiger partial charge in [0.25, 0.3) is 0 Å². The number of hydrogen-bond acceptors (Lipinski definition) is 3. The fraction of sp³-hybridized carbons (Fsp3) is 0.316. The number of para-hydroxylation sites is 2. The van der Waals surface area contributed by atoms with Crippen LogP contribution in [0, 0.1) is 13.8 Å². The maximum absolute atomic E-state index is 12.3. The van der Waals surface area contributed by atoms with Crippen molar-refractivity contribution >= 4 is 11.6 Å². The molecule has 0 radical (unpaired) electrons. The van der Waals surface area contributed by atoms with E-state index >= 15 is 0 Å². The molecule has 1 N–H and O–H groups in total. The van der Waals surface area contributed by atoms with Gasteiger partial charge in [-0.05, 0) is 43.0 Å². The van der Waals surface area contributed by atoms with Crippen molar-refractivity contribution in [1.82, 2.24) is 0 Å². The zero-order valence-corrected chi connectivity index (χ0v) is 14.1. The molecule has 0 heterocycles. The average molecular weight is 313 g/mol. The van der Waals surface area contributed by atoms with Crippen LogP contribution in [0.4, 0.5) is 5.69 Å².